The predicted molar refractivity (Wildman–Crippen MR) is 67.0 cm³/mol. The number of amides is 2. The lowest BCUT2D eigenvalue weighted by molar-refractivity contribution is -0.385. The first kappa shape index (κ1) is 12.4. The molecule has 18 heavy (non-hydrogen) atoms. The quantitative estimate of drug-likeness (QED) is 0.476. The fourth-order valence-corrected chi connectivity index (χ4v) is 2.00. The van der Waals surface area contributed by atoms with Crippen LogP contribution in [-0.2, 0) is 9.59 Å². The van der Waals surface area contributed by atoms with Crippen LogP contribution in [0.25, 0.3) is 0 Å². The maximum Gasteiger partial charge on any atom is 0.285 e. The van der Waals surface area contributed by atoms with E-state index in [-0.39, 0.29) is 11.4 Å². The van der Waals surface area contributed by atoms with Crippen LogP contribution in [0.2, 0.25) is 0 Å². The van der Waals surface area contributed by atoms with Crippen molar-refractivity contribution >= 4 is 39.1 Å². The van der Waals surface area contributed by atoms with Crippen LogP contribution in [0.15, 0.2) is 34.3 Å². The number of hydrogen-bond donors (Lipinski definition) is 0. The van der Waals surface area contributed by atoms with Crippen LogP contribution in [0.4, 0.5) is 11.4 Å². The molecule has 0 fully saturated rings. The molecular weight excluding hydrogens is 304 g/mol. The Morgan fingerprint density at radius 2 is 2.00 bits per heavy atom. The maximum atomic E-state index is 11.7. The first-order valence-electron chi connectivity index (χ1n) is 4.92. The maximum absolute atomic E-state index is 11.7. The number of carbonyl (C=O) groups excluding carboxylic acids is 2. The molecule has 0 spiro atoms. The van der Waals surface area contributed by atoms with Crippen molar-refractivity contribution in [3.63, 3.8) is 0 Å². The second-order valence-electron chi connectivity index (χ2n) is 3.70. The molecule has 0 saturated carbocycles. The highest BCUT2D eigenvalue weighted by Crippen LogP contribution is 2.31. The third-order valence-corrected chi connectivity index (χ3v) is 3.16. The number of hydrogen-bond acceptors (Lipinski definition) is 4. The first-order valence-corrected chi connectivity index (χ1v) is 5.72. The van der Waals surface area contributed by atoms with Crippen molar-refractivity contribution in [1.82, 2.24) is 0 Å². The molecule has 1 heterocycles. The molecule has 1 aromatic rings. The van der Waals surface area contributed by atoms with Gasteiger partial charge in [-0.1, -0.05) is 0 Å². The lowest BCUT2D eigenvalue weighted by Gasteiger charge is -2.14. The Labute approximate surface area is 110 Å². The summed E-state index contributed by atoms with van der Waals surface area (Å²) in [5, 5.41) is 10.8. The van der Waals surface area contributed by atoms with Crippen molar-refractivity contribution in [2.75, 3.05) is 4.90 Å². The summed E-state index contributed by atoms with van der Waals surface area (Å²) in [6.45, 7) is 1.52. The number of imide groups is 1. The Hall–Kier alpha value is -2.02. The van der Waals surface area contributed by atoms with Gasteiger partial charge in [-0.15, -0.1) is 0 Å². The molecule has 0 saturated heterocycles. The van der Waals surface area contributed by atoms with Crippen LogP contribution in [0, 0.1) is 10.1 Å². The molecule has 0 N–H and O–H groups in total. The number of carbonyl (C=O) groups is 2. The molecule has 0 aromatic heterocycles. The summed E-state index contributed by atoms with van der Waals surface area (Å²) in [5.41, 5.74) is 0.302. The largest absolute Gasteiger partial charge is 0.285 e. The fraction of sp³-hybridized carbons (Fsp3) is 0.0909. The molecule has 2 amide bonds. The zero-order valence-electron chi connectivity index (χ0n) is 9.21. The molecule has 0 bridgehead atoms. The minimum Gasteiger partial charge on any atom is -0.269 e. The van der Waals surface area contributed by atoms with Gasteiger partial charge in [0.1, 0.15) is 0 Å². The molecule has 0 radical (unpaired) electrons. The van der Waals surface area contributed by atoms with E-state index in [0.29, 0.717) is 10.0 Å². The number of anilines is 1. The lowest BCUT2D eigenvalue weighted by atomic mass is 10.2. The SMILES string of the molecule is CC1=CC(=O)N(c2ccc(Br)c([N+](=O)[O-])c2)C1=O. The highest BCUT2D eigenvalue weighted by atomic mass is 79.9. The summed E-state index contributed by atoms with van der Waals surface area (Å²) < 4.78 is 0.292. The van der Waals surface area contributed by atoms with Crippen molar-refractivity contribution in [3.05, 3.63) is 44.4 Å². The van der Waals surface area contributed by atoms with Gasteiger partial charge in [0.15, 0.2) is 0 Å². The van der Waals surface area contributed by atoms with Gasteiger partial charge in [-0.05, 0) is 35.0 Å². The van der Waals surface area contributed by atoms with Crippen LogP contribution < -0.4 is 4.90 Å². The molecule has 6 nitrogen and oxygen atoms in total. The van der Waals surface area contributed by atoms with E-state index >= 15 is 0 Å². The smallest absolute Gasteiger partial charge is 0.269 e. The van der Waals surface area contributed by atoms with Crippen molar-refractivity contribution in [1.29, 1.82) is 0 Å². The Morgan fingerprint density at radius 1 is 1.33 bits per heavy atom. The van der Waals surface area contributed by atoms with Crippen LogP contribution in [0.3, 0.4) is 0 Å². The lowest BCUT2D eigenvalue weighted by Crippen LogP contribution is -2.30. The molecule has 0 atom stereocenters. The number of nitro benzene ring substituents is 1. The van der Waals surface area contributed by atoms with Crippen LogP contribution in [-0.4, -0.2) is 16.7 Å². The first-order chi connectivity index (χ1) is 8.41. The van der Waals surface area contributed by atoms with Gasteiger partial charge in [-0.2, -0.15) is 0 Å². The van der Waals surface area contributed by atoms with Gasteiger partial charge in [-0.3, -0.25) is 19.7 Å². The minimum absolute atomic E-state index is 0.188. The molecule has 1 aromatic carbocycles. The van der Waals surface area contributed by atoms with Crippen LogP contribution >= 0.6 is 15.9 Å². The zero-order chi connectivity index (χ0) is 13.4. The van der Waals surface area contributed by atoms with Gasteiger partial charge in [0, 0.05) is 17.7 Å². The van der Waals surface area contributed by atoms with E-state index in [9.17, 15) is 19.7 Å². The Kier molecular flexibility index (Phi) is 3.00. The number of rotatable bonds is 2. The van der Waals surface area contributed by atoms with Gasteiger partial charge in [0.05, 0.1) is 15.1 Å². The average molecular weight is 311 g/mol. The van der Waals surface area contributed by atoms with Crippen LogP contribution in [0.5, 0.6) is 0 Å². The predicted octanol–water partition coefficient (Wildman–Crippen LogP) is 2.18. The third kappa shape index (κ3) is 1.92. The standard InChI is InChI=1S/C11H7BrN2O4/c1-6-4-10(15)13(11(6)16)7-2-3-8(12)9(5-7)14(17)18/h2-5H,1H3. The average Bonchev–Trinajstić information content (AvgIpc) is 2.54. The molecule has 1 aliphatic rings. The molecule has 0 aliphatic carbocycles. The molecular formula is C11H7BrN2O4. The highest BCUT2D eigenvalue weighted by Gasteiger charge is 2.31. The molecule has 7 heteroatoms. The monoisotopic (exact) mass is 310 g/mol. The normalized spacial score (nSPS) is 15.0. The zero-order valence-corrected chi connectivity index (χ0v) is 10.8. The fourth-order valence-electron chi connectivity index (χ4n) is 1.61. The van der Waals surface area contributed by atoms with Crippen LogP contribution in [0.1, 0.15) is 6.92 Å². The van der Waals surface area contributed by atoms with E-state index in [2.05, 4.69) is 15.9 Å². The third-order valence-electron chi connectivity index (χ3n) is 2.49. The van der Waals surface area contributed by atoms with Crippen molar-refractivity contribution < 1.29 is 14.5 Å². The van der Waals surface area contributed by atoms with E-state index < -0.39 is 16.7 Å². The summed E-state index contributed by atoms with van der Waals surface area (Å²) in [7, 11) is 0. The molecule has 1 aliphatic heterocycles. The molecule has 92 valence electrons. The Bertz CT molecular complexity index is 609. The Morgan fingerprint density at radius 3 is 2.50 bits per heavy atom. The molecule has 2 rings (SSSR count). The number of benzene rings is 1. The second-order valence-corrected chi connectivity index (χ2v) is 4.55. The summed E-state index contributed by atoms with van der Waals surface area (Å²) in [6.07, 6.45) is 1.20. The topological polar surface area (TPSA) is 80.5 Å². The van der Waals surface area contributed by atoms with Gasteiger partial charge < -0.3 is 0 Å². The van der Waals surface area contributed by atoms with Gasteiger partial charge in [0.2, 0.25) is 0 Å². The summed E-state index contributed by atoms with van der Waals surface area (Å²) in [6, 6.07) is 4.09. The second kappa shape index (κ2) is 4.34. The highest BCUT2D eigenvalue weighted by molar-refractivity contribution is 9.10. The van der Waals surface area contributed by atoms with Gasteiger partial charge >= 0.3 is 0 Å². The minimum atomic E-state index is -0.584. The number of nitro groups is 1. The summed E-state index contributed by atoms with van der Waals surface area (Å²) >= 11 is 3.04. The van der Waals surface area contributed by atoms with E-state index in [1.807, 2.05) is 0 Å². The van der Waals surface area contributed by atoms with E-state index in [0.717, 1.165) is 4.90 Å². The summed E-state index contributed by atoms with van der Waals surface area (Å²) in [4.78, 5) is 34.5. The van der Waals surface area contributed by atoms with E-state index in [1.165, 1.54) is 31.2 Å². The number of halogens is 1. The van der Waals surface area contributed by atoms with E-state index in [1.54, 1.807) is 0 Å². The van der Waals surface area contributed by atoms with Crippen molar-refractivity contribution in [3.8, 4) is 0 Å². The molecule has 0 unspecified atom stereocenters. The summed E-state index contributed by atoms with van der Waals surface area (Å²) in [5.74, 6) is -0.953. The van der Waals surface area contributed by atoms with E-state index in [4.69, 9.17) is 0 Å². The van der Waals surface area contributed by atoms with Crippen molar-refractivity contribution in [2.24, 2.45) is 0 Å². The number of nitrogens with zero attached hydrogens (tertiary/aromatic N) is 2. The van der Waals surface area contributed by atoms with Gasteiger partial charge in [0.25, 0.3) is 17.5 Å². The van der Waals surface area contributed by atoms with Gasteiger partial charge in [-0.25, -0.2) is 4.90 Å². The Balaban J connectivity index is 2.48. The van der Waals surface area contributed by atoms with Crippen molar-refractivity contribution in [2.45, 2.75) is 6.92 Å².